The highest BCUT2D eigenvalue weighted by Crippen LogP contribution is 2.01. The Hall–Kier alpha value is -1.08. The van der Waals surface area contributed by atoms with Gasteiger partial charge in [0.1, 0.15) is 0 Å². The van der Waals surface area contributed by atoms with Crippen LogP contribution in [0.5, 0.6) is 0 Å². The number of carbonyl (C=O) groups is 1. The summed E-state index contributed by atoms with van der Waals surface area (Å²) in [5.41, 5.74) is 0. The minimum atomic E-state index is -0.756. The first-order chi connectivity index (χ1) is 6.57. The van der Waals surface area contributed by atoms with Crippen molar-refractivity contribution in [2.45, 2.75) is 26.2 Å². The fourth-order valence-electron chi connectivity index (χ4n) is 1.22. The first-order valence-corrected chi connectivity index (χ1v) is 4.86. The molecular weight excluding hydrogens is 180 g/mol. The zero-order chi connectivity index (χ0) is 11.0. The Morgan fingerprint density at radius 2 is 2.21 bits per heavy atom. The van der Waals surface area contributed by atoms with Gasteiger partial charge in [-0.1, -0.05) is 6.92 Å². The van der Waals surface area contributed by atoms with Crippen LogP contribution in [0.1, 0.15) is 26.2 Å². The van der Waals surface area contributed by atoms with Gasteiger partial charge < -0.3 is 10.0 Å². The van der Waals surface area contributed by atoms with Gasteiger partial charge in [0, 0.05) is 13.0 Å². The van der Waals surface area contributed by atoms with Crippen LogP contribution in [0.15, 0.2) is 0 Å². The smallest absolute Gasteiger partial charge is 0.307 e. The zero-order valence-electron chi connectivity index (χ0n) is 8.86. The van der Waals surface area contributed by atoms with Crippen LogP contribution in [-0.2, 0) is 4.79 Å². The second-order valence-electron chi connectivity index (χ2n) is 3.62. The monoisotopic (exact) mass is 198 g/mol. The lowest BCUT2D eigenvalue weighted by Crippen LogP contribution is -2.29. The summed E-state index contributed by atoms with van der Waals surface area (Å²) in [4.78, 5) is 12.5. The van der Waals surface area contributed by atoms with Crippen molar-refractivity contribution >= 4 is 5.97 Å². The van der Waals surface area contributed by atoms with Gasteiger partial charge in [0.2, 0.25) is 0 Å². The molecule has 0 bridgehead atoms. The van der Waals surface area contributed by atoms with Crippen LogP contribution in [0, 0.1) is 17.2 Å². The van der Waals surface area contributed by atoms with E-state index in [0.29, 0.717) is 13.0 Å². The van der Waals surface area contributed by atoms with Gasteiger partial charge in [0.15, 0.2) is 0 Å². The van der Waals surface area contributed by atoms with E-state index in [1.807, 2.05) is 11.9 Å². The predicted molar refractivity (Wildman–Crippen MR) is 53.8 cm³/mol. The molecule has 0 radical (unpaired) electrons. The van der Waals surface area contributed by atoms with Crippen LogP contribution in [-0.4, -0.2) is 36.1 Å². The van der Waals surface area contributed by atoms with Crippen LogP contribution in [0.4, 0.5) is 0 Å². The standard InChI is InChI=1S/C10H18N2O2/c1-9(10(13)14)8-12(2)7-5-3-4-6-11/h9H,3-5,7-8H2,1-2H3,(H,13,14). The molecule has 4 heteroatoms. The number of unbranched alkanes of at least 4 members (excludes halogenated alkanes) is 2. The van der Waals surface area contributed by atoms with Crippen molar-refractivity contribution in [1.82, 2.24) is 4.90 Å². The predicted octanol–water partition coefficient (Wildman–Crippen LogP) is 1.33. The molecule has 0 saturated heterocycles. The van der Waals surface area contributed by atoms with Gasteiger partial charge in [-0.25, -0.2) is 0 Å². The van der Waals surface area contributed by atoms with Gasteiger partial charge in [-0.2, -0.15) is 5.26 Å². The summed E-state index contributed by atoms with van der Waals surface area (Å²) in [5, 5.41) is 17.0. The third-order valence-electron chi connectivity index (χ3n) is 2.09. The average molecular weight is 198 g/mol. The molecule has 0 aromatic rings. The second-order valence-corrected chi connectivity index (χ2v) is 3.62. The molecule has 0 heterocycles. The summed E-state index contributed by atoms with van der Waals surface area (Å²) in [6.07, 6.45) is 2.43. The molecule has 1 N–H and O–H groups in total. The number of carboxylic acid groups (broad SMARTS) is 1. The molecule has 0 aromatic heterocycles. The molecule has 0 aliphatic carbocycles. The summed E-state index contributed by atoms with van der Waals surface area (Å²) < 4.78 is 0. The highest BCUT2D eigenvalue weighted by Gasteiger charge is 2.12. The van der Waals surface area contributed by atoms with Crippen LogP contribution in [0.2, 0.25) is 0 Å². The number of nitriles is 1. The van der Waals surface area contributed by atoms with Crippen LogP contribution in [0.3, 0.4) is 0 Å². The average Bonchev–Trinajstić information content (AvgIpc) is 2.12. The van der Waals surface area contributed by atoms with E-state index in [1.54, 1.807) is 6.92 Å². The fourth-order valence-corrected chi connectivity index (χ4v) is 1.22. The Kier molecular flexibility index (Phi) is 6.77. The Balaban J connectivity index is 3.50. The highest BCUT2D eigenvalue weighted by atomic mass is 16.4. The van der Waals surface area contributed by atoms with Crippen LogP contribution < -0.4 is 0 Å². The molecule has 1 atom stereocenters. The second kappa shape index (κ2) is 7.34. The third-order valence-corrected chi connectivity index (χ3v) is 2.09. The van der Waals surface area contributed by atoms with E-state index < -0.39 is 5.97 Å². The number of hydrogen-bond donors (Lipinski definition) is 1. The van der Waals surface area contributed by atoms with Crippen LogP contribution >= 0.6 is 0 Å². The van der Waals surface area contributed by atoms with Crippen molar-refractivity contribution in [2.75, 3.05) is 20.1 Å². The van der Waals surface area contributed by atoms with Gasteiger partial charge in [0.25, 0.3) is 0 Å². The minimum absolute atomic E-state index is 0.323. The Morgan fingerprint density at radius 1 is 1.57 bits per heavy atom. The third kappa shape index (κ3) is 6.44. The van der Waals surface area contributed by atoms with E-state index in [2.05, 4.69) is 6.07 Å². The Morgan fingerprint density at radius 3 is 2.71 bits per heavy atom. The summed E-state index contributed by atoms with van der Waals surface area (Å²) in [6.45, 7) is 3.13. The van der Waals surface area contributed by atoms with Crippen molar-refractivity contribution < 1.29 is 9.90 Å². The molecule has 1 unspecified atom stereocenters. The van der Waals surface area contributed by atoms with Crippen LogP contribution in [0.25, 0.3) is 0 Å². The molecule has 4 nitrogen and oxygen atoms in total. The van der Waals surface area contributed by atoms with E-state index in [-0.39, 0.29) is 5.92 Å². The number of hydrogen-bond acceptors (Lipinski definition) is 3. The lowest BCUT2D eigenvalue weighted by atomic mass is 10.1. The molecule has 0 amide bonds. The van der Waals surface area contributed by atoms with Crippen molar-refractivity contribution in [1.29, 1.82) is 5.26 Å². The van der Waals surface area contributed by atoms with E-state index in [4.69, 9.17) is 10.4 Å². The molecule has 0 spiro atoms. The fraction of sp³-hybridized carbons (Fsp3) is 0.800. The topological polar surface area (TPSA) is 64.3 Å². The first kappa shape index (κ1) is 12.9. The van der Waals surface area contributed by atoms with E-state index in [9.17, 15) is 4.79 Å². The molecule has 0 aliphatic rings. The number of carboxylic acids is 1. The maximum atomic E-state index is 10.5. The zero-order valence-corrected chi connectivity index (χ0v) is 8.86. The molecule has 0 aliphatic heterocycles. The van der Waals surface area contributed by atoms with E-state index in [1.165, 1.54) is 0 Å². The summed E-state index contributed by atoms with van der Waals surface area (Å²) in [7, 11) is 1.91. The molecule has 0 fully saturated rings. The number of aliphatic carboxylic acids is 1. The van der Waals surface area contributed by atoms with Crippen molar-refractivity contribution in [3.63, 3.8) is 0 Å². The molecule has 80 valence electrons. The Bertz CT molecular complexity index is 211. The lowest BCUT2D eigenvalue weighted by molar-refractivity contribution is -0.141. The van der Waals surface area contributed by atoms with Gasteiger partial charge in [0.05, 0.1) is 12.0 Å². The molecule has 0 rings (SSSR count). The molecule has 0 saturated carbocycles. The van der Waals surface area contributed by atoms with Gasteiger partial charge in [-0.15, -0.1) is 0 Å². The summed E-state index contributed by atoms with van der Waals surface area (Å²) in [5.74, 6) is -1.08. The minimum Gasteiger partial charge on any atom is -0.481 e. The van der Waals surface area contributed by atoms with E-state index >= 15 is 0 Å². The van der Waals surface area contributed by atoms with Crippen molar-refractivity contribution in [3.05, 3.63) is 0 Å². The Labute approximate surface area is 85.1 Å². The van der Waals surface area contributed by atoms with Gasteiger partial charge in [-0.3, -0.25) is 4.79 Å². The van der Waals surface area contributed by atoms with E-state index in [0.717, 1.165) is 19.4 Å². The first-order valence-electron chi connectivity index (χ1n) is 4.86. The molecular formula is C10H18N2O2. The van der Waals surface area contributed by atoms with Crippen molar-refractivity contribution in [2.24, 2.45) is 5.92 Å². The molecule has 14 heavy (non-hydrogen) atoms. The van der Waals surface area contributed by atoms with Gasteiger partial charge >= 0.3 is 5.97 Å². The normalized spacial score (nSPS) is 12.4. The lowest BCUT2D eigenvalue weighted by Gasteiger charge is -2.18. The molecule has 0 aromatic carbocycles. The summed E-state index contributed by atoms with van der Waals surface area (Å²) in [6, 6.07) is 2.09. The van der Waals surface area contributed by atoms with Crippen molar-refractivity contribution in [3.8, 4) is 6.07 Å². The van der Waals surface area contributed by atoms with Gasteiger partial charge in [-0.05, 0) is 26.4 Å². The maximum absolute atomic E-state index is 10.5. The number of rotatable bonds is 7. The maximum Gasteiger partial charge on any atom is 0.307 e. The SMILES string of the molecule is CC(CN(C)CCCCC#N)C(=O)O. The summed E-state index contributed by atoms with van der Waals surface area (Å²) >= 11 is 0. The quantitative estimate of drug-likeness (QED) is 0.627. The largest absolute Gasteiger partial charge is 0.481 e. The number of nitrogens with zero attached hydrogens (tertiary/aromatic N) is 2. The highest BCUT2D eigenvalue weighted by molar-refractivity contribution is 5.69.